The number of hydrogen-bond donors (Lipinski definition) is 0. The van der Waals surface area contributed by atoms with E-state index in [2.05, 4.69) is 6.08 Å². The maximum absolute atomic E-state index is 15.0. The fraction of sp³-hybridized carbons (Fsp3) is 0.310. The highest BCUT2D eigenvalue weighted by atomic mass is 19.2. The SMILES string of the molecule is CC=CCCC1CCC(c2ccc(-c3ccc(-c4ccc(OC)c(F)c4F)cc3)cc2F)CO1. The molecule has 1 saturated heterocycles. The summed E-state index contributed by atoms with van der Waals surface area (Å²) in [5.74, 6) is -2.30. The van der Waals surface area contributed by atoms with Crippen molar-refractivity contribution < 1.29 is 22.6 Å². The lowest BCUT2D eigenvalue weighted by Gasteiger charge is -2.29. The molecule has 4 rings (SSSR count). The summed E-state index contributed by atoms with van der Waals surface area (Å²) in [4.78, 5) is 0. The van der Waals surface area contributed by atoms with Crippen LogP contribution >= 0.6 is 0 Å². The molecule has 0 N–H and O–H groups in total. The number of halogens is 3. The molecule has 3 aromatic carbocycles. The predicted octanol–water partition coefficient (Wildman–Crippen LogP) is 8.07. The van der Waals surface area contributed by atoms with Gasteiger partial charge in [0.05, 0.1) is 19.8 Å². The van der Waals surface area contributed by atoms with Crippen molar-refractivity contribution in [2.45, 2.75) is 44.6 Å². The minimum absolute atomic E-state index is 0.0577. The molecular weight excluding hydrogens is 437 g/mol. The quantitative estimate of drug-likeness (QED) is 0.328. The Morgan fingerprint density at radius 2 is 1.65 bits per heavy atom. The van der Waals surface area contributed by atoms with Crippen molar-refractivity contribution in [2.75, 3.05) is 13.7 Å². The second kappa shape index (κ2) is 10.9. The van der Waals surface area contributed by atoms with Crippen LogP contribution in [0.3, 0.4) is 0 Å². The van der Waals surface area contributed by atoms with Gasteiger partial charge in [-0.3, -0.25) is 0 Å². The van der Waals surface area contributed by atoms with Gasteiger partial charge in [0.2, 0.25) is 5.82 Å². The van der Waals surface area contributed by atoms with Gasteiger partial charge in [0, 0.05) is 11.5 Å². The Hall–Kier alpha value is -3.05. The molecule has 0 amide bonds. The highest BCUT2D eigenvalue weighted by Gasteiger charge is 2.25. The Labute approximate surface area is 199 Å². The first kappa shape index (κ1) is 24.1. The minimum Gasteiger partial charge on any atom is -0.494 e. The summed E-state index contributed by atoms with van der Waals surface area (Å²) in [5.41, 5.74) is 2.89. The van der Waals surface area contributed by atoms with E-state index < -0.39 is 11.6 Å². The van der Waals surface area contributed by atoms with Crippen LogP contribution in [0.15, 0.2) is 66.7 Å². The van der Waals surface area contributed by atoms with Crippen LogP contribution in [0.1, 0.15) is 44.1 Å². The monoisotopic (exact) mass is 466 g/mol. The summed E-state index contributed by atoms with van der Waals surface area (Å²) in [5, 5.41) is 0. The van der Waals surface area contributed by atoms with E-state index in [1.54, 1.807) is 24.3 Å². The topological polar surface area (TPSA) is 18.5 Å². The van der Waals surface area contributed by atoms with Gasteiger partial charge in [0.1, 0.15) is 5.82 Å². The third-order valence-corrected chi connectivity index (χ3v) is 6.50. The van der Waals surface area contributed by atoms with Crippen LogP contribution in [0, 0.1) is 17.5 Å². The molecule has 0 radical (unpaired) electrons. The third-order valence-electron chi connectivity index (χ3n) is 6.50. The Morgan fingerprint density at radius 1 is 0.912 bits per heavy atom. The molecule has 1 aliphatic rings. The lowest BCUT2D eigenvalue weighted by molar-refractivity contribution is -0.000797. The molecular formula is C29H29F3O2. The van der Waals surface area contributed by atoms with E-state index >= 15 is 4.39 Å². The van der Waals surface area contributed by atoms with Crippen molar-refractivity contribution >= 4 is 0 Å². The number of hydrogen-bond acceptors (Lipinski definition) is 2. The van der Waals surface area contributed by atoms with E-state index in [0.717, 1.165) is 36.8 Å². The zero-order chi connectivity index (χ0) is 24.1. The lowest BCUT2D eigenvalue weighted by atomic mass is 9.89. The second-order valence-electron chi connectivity index (χ2n) is 8.63. The van der Waals surface area contributed by atoms with E-state index in [-0.39, 0.29) is 29.2 Å². The van der Waals surface area contributed by atoms with Crippen molar-refractivity contribution in [3.05, 3.63) is 89.8 Å². The average Bonchev–Trinajstić information content (AvgIpc) is 2.86. The van der Waals surface area contributed by atoms with Gasteiger partial charge in [-0.15, -0.1) is 0 Å². The number of ether oxygens (including phenoxy) is 2. The Balaban J connectivity index is 1.46. The van der Waals surface area contributed by atoms with Crippen LogP contribution in [0.4, 0.5) is 13.2 Å². The Morgan fingerprint density at radius 3 is 2.29 bits per heavy atom. The standard InChI is InChI=1S/C29H29F3O2/c1-3-4-5-6-23-13-11-22(18-34-23)24-14-12-21(17-26(24)30)19-7-9-20(10-8-19)25-15-16-27(33-2)29(32)28(25)31/h3-4,7-10,12,14-17,22-23H,5-6,11,13,18H2,1-2H3. The van der Waals surface area contributed by atoms with Gasteiger partial charge in [-0.25, -0.2) is 8.78 Å². The van der Waals surface area contributed by atoms with Crippen LogP contribution in [-0.4, -0.2) is 19.8 Å². The Kier molecular flexibility index (Phi) is 7.73. The molecule has 0 saturated carbocycles. The van der Waals surface area contributed by atoms with E-state index in [1.807, 2.05) is 25.1 Å². The molecule has 2 unspecified atom stereocenters. The zero-order valence-corrected chi connectivity index (χ0v) is 19.5. The van der Waals surface area contributed by atoms with Crippen LogP contribution in [0.25, 0.3) is 22.3 Å². The number of allylic oxidation sites excluding steroid dienone is 2. The van der Waals surface area contributed by atoms with Gasteiger partial charge >= 0.3 is 0 Å². The summed E-state index contributed by atoms with van der Waals surface area (Å²) in [7, 11) is 1.29. The second-order valence-corrected chi connectivity index (χ2v) is 8.63. The van der Waals surface area contributed by atoms with E-state index in [4.69, 9.17) is 9.47 Å². The maximum atomic E-state index is 15.0. The summed E-state index contributed by atoms with van der Waals surface area (Å²) in [6.45, 7) is 2.55. The van der Waals surface area contributed by atoms with Crippen LogP contribution < -0.4 is 4.74 Å². The highest BCUT2D eigenvalue weighted by Crippen LogP contribution is 2.34. The zero-order valence-electron chi connectivity index (χ0n) is 19.5. The van der Waals surface area contributed by atoms with Gasteiger partial charge in [-0.2, -0.15) is 4.39 Å². The van der Waals surface area contributed by atoms with Crippen LogP contribution in [0.2, 0.25) is 0 Å². The molecule has 5 heteroatoms. The average molecular weight is 467 g/mol. The predicted molar refractivity (Wildman–Crippen MR) is 130 cm³/mol. The molecule has 0 aromatic heterocycles. The van der Waals surface area contributed by atoms with Crippen LogP contribution in [0.5, 0.6) is 5.75 Å². The summed E-state index contributed by atoms with van der Waals surface area (Å²) in [6, 6.07) is 15.1. The number of rotatable bonds is 7. The maximum Gasteiger partial charge on any atom is 0.201 e. The molecule has 1 heterocycles. The van der Waals surface area contributed by atoms with Crippen molar-refractivity contribution in [1.29, 1.82) is 0 Å². The first-order chi connectivity index (χ1) is 16.5. The molecule has 1 fully saturated rings. The number of methoxy groups -OCH3 is 1. The lowest BCUT2D eigenvalue weighted by Crippen LogP contribution is -2.25. The fourth-order valence-corrected chi connectivity index (χ4v) is 4.52. The largest absolute Gasteiger partial charge is 0.494 e. The number of benzene rings is 3. The normalized spacial score (nSPS) is 18.4. The van der Waals surface area contributed by atoms with E-state index in [1.165, 1.54) is 25.3 Å². The van der Waals surface area contributed by atoms with Gasteiger partial charge in [0.15, 0.2) is 11.6 Å². The summed E-state index contributed by atoms with van der Waals surface area (Å²) < 4.78 is 54.3. The van der Waals surface area contributed by atoms with Gasteiger partial charge < -0.3 is 9.47 Å². The minimum atomic E-state index is -1.02. The molecule has 2 atom stereocenters. The summed E-state index contributed by atoms with van der Waals surface area (Å²) in [6.07, 6.45) is 8.30. The van der Waals surface area contributed by atoms with Gasteiger partial charge in [0.25, 0.3) is 0 Å². The van der Waals surface area contributed by atoms with E-state index in [9.17, 15) is 8.78 Å². The highest BCUT2D eigenvalue weighted by molar-refractivity contribution is 5.71. The van der Waals surface area contributed by atoms with Crippen molar-refractivity contribution in [2.24, 2.45) is 0 Å². The molecule has 2 nitrogen and oxygen atoms in total. The third kappa shape index (κ3) is 5.20. The molecule has 178 valence electrons. The smallest absolute Gasteiger partial charge is 0.201 e. The Bertz CT molecular complexity index is 1150. The molecule has 1 aliphatic heterocycles. The first-order valence-corrected chi connectivity index (χ1v) is 11.7. The molecule has 0 bridgehead atoms. The van der Waals surface area contributed by atoms with Crippen molar-refractivity contribution in [1.82, 2.24) is 0 Å². The van der Waals surface area contributed by atoms with Gasteiger partial charge in [-0.05, 0) is 73.1 Å². The summed E-state index contributed by atoms with van der Waals surface area (Å²) >= 11 is 0. The van der Waals surface area contributed by atoms with Crippen LogP contribution in [-0.2, 0) is 4.74 Å². The van der Waals surface area contributed by atoms with Crippen molar-refractivity contribution in [3.63, 3.8) is 0 Å². The molecule has 0 spiro atoms. The fourth-order valence-electron chi connectivity index (χ4n) is 4.52. The molecule has 34 heavy (non-hydrogen) atoms. The first-order valence-electron chi connectivity index (χ1n) is 11.7. The molecule has 0 aliphatic carbocycles. The van der Waals surface area contributed by atoms with Gasteiger partial charge in [-0.1, -0.05) is 48.6 Å². The van der Waals surface area contributed by atoms with E-state index in [0.29, 0.717) is 17.7 Å². The molecule has 3 aromatic rings. The van der Waals surface area contributed by atoms with Crippen molar-refractivity contribution in [3.8, 4) is 28.0 Å².